The molecule has 2 amide bonds. The number of Topliss-reactive ketones (excluding diaryl/α,β-unsaturated/α-hetero) is 1. The number of nitrogens with two attached hydrogens (primary N) is 1. The van der Waals surface area contributed by atoms with E-state index in [4.69, 9.17) is 5.73 Å². The maximum absolute atomic E-state index is 11.9. The highest BCUT2D eigenvalue weighted by Gasteiger charge is 2.17. The number of primary amides is 1. The Morgan fingerprint density at radius 1 is 1.05 bits per heavy atom. The number of amides is 2. The van der Waals surface area contributed by atoms with Gasteiger partial charge in [-0.3, -0.25) is 14.4 Å². The highest BCUT2D eigenvalue weighted by Crippen LogP contribution is 2.16. The van der Waals surface area contributed by atoms with Gasteiger partial charge < -0.3 is 11.1 Å². The fourth-order valence-corrected chi connectivity index (χ4v) is 2.02. The van der Waals surface area contributed by atoms with Crippen LogP contribution in [-0.2, 0) is 9.59 Å². The molecule has 0 fully saturated rings. The van der Waals surface area contributed by atoms with E-state index < -0.39 is 11.7 Å². The minimum absolute atomic E-state index is 0.129. The average molecular weight is 290 g/mol. The predicted molar refractivity (Wildman–Crippen MR) is 82.0 cm³/mol. The summed E-state index contributed by atoms with van der Waals surface area (Å²) in [6, 6.07) is 6.38. The van der Waals surface area contributed by atoms with Crippen LogP contribution in [-0.4, -0.2) is 17.6 Å². The topological polar surface area (TPSA) is 89.3 Å². The molecule has 0 aliphatic rings. The van der Waals surface area contributed by atoms with Crippen LogP contribution in [0.2, 0.25) is 0 Å². The van der Waals surface area contributed by atoms with E-state index in [1.54, 1.807) is 18.2 Å². The molecule has 0 heterocycles. The summed E-state index contributed by atoms with van der Waals surface area (Å²) in [7, 11) is 0. The molecule has 0 aliphatic heterocycles. The Labute approximate surface area is 124 Å². The SMILES string of the molecule is CCCCCCCC(=O)Nc1ccccc1C(=O)C(N)=O. The van der Waals surface area contributed by atoms with Gasteiger partial charge in [-0.05, 0) is 18.6 Å². The molecule has 1 aromatic rings. The molecule has 3 N–H and O–H groups in total. The monoisotopic (exact) mass is 290 g/mol. The number of anilines is 1. The number of benzene rings is 1. The molecule has 5 heteroatoms. The first-order valence-corrected chi connectivity index (χ1v) is 7.29. The van der Waals surface area contributed by atoms with Gasteiger partial charge in [0.2, 0.25) is 5.91 Å². The molecular formula is C16H22N2O3. The van der Waals surface area contributed by atoms with Crippen LogP contribution < -0.4 is 11.1 Å². The summed E-state index contributed by atoms with van der Waals surface area (Å²) in [5.41, 5.74) is 5.46. The van der Waals surface area contributed by atoms with Crippen molar-refractivity contribution in [1.82, 2.24) is 0 Å². The molecule has 0 spiro atoms. The molecular weight excluding hydrogens is 268 g/mol. The molecule has 114 valence electrons. The molecule has 1 rings (SSSR count). The summed E-state index contributed by atoms with van der Waals surface area (Å²) in [6.45, 7) is 2.14. The average Bonchev–Trinajstić information content (AvgIpc) is 2.46. The Balaban J connectivity index is 2.56. The molecule has 5 nitrogen and oxygen atoms in total. The number of ketones is 1. The van der Waals surface area contributed by atoms with Crippen LogP contribution in [0, 0.1) is 0 Å². The number of rotatable bonds is 9. The summed E-state index contributed by atoms with van der Waals surface area (Å²) in [5, 5.41) is 2.67. The summed E-state index contributed by atoms with van der Waals surface area (Å²) >= 11 is 0. The molecule has 0 saturated heterocycles. The van der Waals surface area contributed by atoms with Gasteiger partial charge in [0, 0.05) is 6.42 Å². The molecule has 0 bridgehead atoms. The van der Waals surface area contributed by atoms with Crippen molar-refractivity contribution in [2.75, 3.05) is 5.32 Å². The minimum Gasteiger partial charge on any atom is -0.363 e. The van der Waals surface area contributed by atoms with Crippen molar-refractivity contribution in [2.45, 2.75) is 45.4 Å². The van der Waals surface area contributed by atoms with E-state index in [0.717, 1.165) is 25.7 Å². The van der Waals surface area contributed by atoms with E-state index in [1.165, 1.54) is 12.5 Å². The van der Waals surface area contributed by atoms with Crippen LogP contribution in [0.4, 0.5) is 5.69 Å². The molecule has 0 atom stereocenters. The molecule has 1 aromatic carbocycles. The van der Waals surface area contributed by atoms with Crippen LogP contribution in [0.5, 0.6) is 0 Å². The van der Waals surface area contributed by atoms with Gasteiger partial charge in [0.25, 0.3) is 11.7 Å². The Morgan fingerprint density at radius 2 is 1.71 bits per heavy atom. The summed E-state index contributed by atoms with van der Waals surface area (Å²) in [6.07, 6.45) is 5.70. The zero-order chi connectivity index (χ0) is 15.7. The zero-order valence-electron chi connectivity index (χ0n) is 12.4. The van der Waals surface area contributed by atoms with Crippen LogP contribution in [0.25, 0.3) is 0 Å². The van der Waals surface area contributed by atoms with E-state index in [-0.39, 0.29) is 11.5 Å². The first-order valence-electron chi connectivity index (χ1n) is 7.29. The van der Waals surface area contributed by atoms with Gasteiger partial charge in [-0.15, -0.1) is 0 Å². The third-order valence-electron chi connectivity index (χ3n) is 3.18. The minimum atomic E-state index is -1.03. The van der Waals surface area contributed by atoms with E-state index in [2.05, 4.69) is 12.2 Å². The van der Waals surface area contributed by atoms with Crippen LogP contribution in [0.15, 0.2) is 24.3 Å². The first-order chi connectivity index (χ1) is 10.1. The van der Waals surface area contributed by atoms with Gasteiger partial charge in [0.1, 0.15) is 0 Å². The Kier molecular flexibility index (Phi) is 7.15. The predicted octanol–water partition coefficient (Wildman–Crippen LogP) is 2.65. The Bertz CT molecular complexity index is 512. The summed E-state index contributed by atoms with van der Waals surface area (Å²) in [4.78, 5) is 34.5. The second kappa shape index (κ2) is 8.89. The van der Waals surface area contributed by atoms with Gasteiger partial charge in [-0.2, -0.15) is 0 Å². The van der Waals surface area contributed by atoms with Crippen molar-refractivity contribution in [2.24, 2.45) is 5.73 Å². The normalized spacial score (nSPS) is 10.1. The van der Waals surface area contributed by atoms with Gasteiger partial charge in [-0.1, -0.05) is 44.7 Å². The molecule has 21 heavy (non-hydrogen) atoms. The lowest BCUT2D eigenvalue weighted by Crippen LogP contribution is -2.24. The van der Waals surface area contributed by atoms with Gasteiger partial charge in [0.15, 0.2) is 0 Å². The fraction of sp³-hybridized carbons (Fsp3) is 0.438. The highest BCUT2D eigenvalue weighted by molar-refractivity contribution is 6.43. The number of para-hydroxylation sites is 1. The third-order valence-corrected chi connectivity index (χ3v) is 3.18. The maximum atomic E-state index is 11.9. The number of carbonyl (C=O) groups excluding carboxylic acids is 3. The molecule has 0 radical (unpaired) electrons. The third kappa shape index (κ3) is 5.77. The van der Waals surface area contributed by atoms with Crippen molar-refractivity contribution in [3.8, 4) is 0 Å². The number of nitrogens with one attached hydrogen (secondary N) is 1. The number of hydrogen-bond donors (Lipinski definition) is 2. The lowest BCUT2D eigenvalue weighted by molar-refractivity contribution is -0.116. The second-order valence-electron chi connectivity index (χ2n) is 4.95. The van der Waals surface area contributed by atoms with Crippen LogP contribution in [0.3, 0.4) is 0 Å². The number of hydrogen-bond acceptors (Lipinski definition) is 3. The van der Waals surface area contributed by atoms with E-state index in [1.807, 2.05) is 0 Å². The second-order valence-corrected chi connectivity index (χ2v) is 4.95. The van der Waals surface area contributed by atoms with Crippen LogP contribution >= 0.6 is 0 Å². The van der Waals surface area contributed by atoms with E-state index >= 15 is 0 Å². The van der Waals surface area contributed by atoms with Gasteiger partial charge >= 0.3 is 0 Å². The summed E-state index contributed by atoms with van der Waals surface area (Å²) < 4.78 is 0. The van der Waals surface area contributed by atoms with Crippen molar-refractivity contribution < 1.29 is 14.4 Å². The quantitative estimate of drug-likeness (QED) is 0.416. The maximum Gasteiger partial charge on any atom is 0.289 e. The fourth-order valence-electron chi connectivity index (χ4n) is 2.02. The van der Waals surface area contributed by atoms with Gasteiger partial charge in [0.05, 0.1) is 11.3 Å². The lowest BCUT2D eigenvalue weighted by atomic mass is 10.1. The van der Waals surface area contributed by atoms with Crippen molar-refractivity contribution >= 4 is 23.3 Å². The van der Waals surface area contributed by atoms with Crippen molar-refractivity contribution in [3.63, 3.8) is 0 Å². The van der Waals surface area contributed by atoms with Crippen molar-refractivity contribution in [3.05, 3.63) is 29.8 Å². The van der Waals surface area contributed by atoms with E-state index in [0.29, 0.717) is 12.1 Å². The van der Waals surface area contributed by atoms with Crippen LogP contribution in [0.1, 0.15) is 55.8 Å². The molecule has 0 unspecified atom stereocenters. The van der Waals surface area contributed by atoms with E-state index in [9.17, 15) is 14.4 Å². The highest BCUT2D eigenvalue weighted by atomic mass is 16.2. The van der Waals surface area contributed by atoms with Crippen molar-refractivity contribution in [1.29, 1.82) is 0 Å². The molecule has 0 saturated carbocycles. The molecule has 0 aromatic heterocycles. The summed E-state index contributed by atoms with van der Waals surface area (Å²) in [5.74, 6) is -1.98. The largest absolute Gasteiger partial charge is 0.363 e. The van der Waals surface area contributed by atoms with Gasteiger partial charge in [-0.25, -0.2) is 0 Å². The standard InChI is InChI=1S/C16H22N2O3/c1-2-3-4-5-6-11-14(19)18-13-10-8-7-9-12(13)15(20)16(17)21/h7-10H,2-6,11H2,1H3,(H2,17,21)(H,18,19). The first kappa shape index (κ1) is 16.9. The number of carbonyl (C=O) groups is 3. The molecule has 0 aliphatic carbocycles. The smallest absolute Gasteiger partial charge is 0.289 e. The Hall–Kier alpha value is -2.17. The zero-order valence-corrected chi connectivity index (χ0v) is 12.4. The number of unbranched alkanes of at least 4 members (excludes halogenated alkanes) is 4. The Morgan fingerprint density at radius 3 is 2.38 bits per heavy atom. The lowest BCUT2D eigenvalue weighted by Gasteiger charge is -2.09.